The van der Waals surface area contributed by atoms with Gasteiger partial charge in [0.25, 0.3) is 5.91 Å². The number of rotatable bonds is 5. The molecule has 5 nitrogen and oxygen atoms in total. The van der Waals surface area contributed by atoms with Crippen molar-refractivity contribution in [2.75, 3.05) is 6.54 Å². The number of carbonyl (C=O) groups excluding carboxylic acids is 1. The number of carboxylic acid groups (broad SMARTS) is 1. The highest BCUT2D eigenvalue weighted by molar-refractivity contribution is 8.26. The van der Waals surface area contributed by atoms with E-state index in [9.17, 15) is 9.59 Å². The molecule has 1 aromatic heterocycles. The largest absolute Gasteiger partial charge is 0.481 e. The maximum atomic E-state index is 12.2. The number of aromatic nitrogens is 1. The molecule has 106 valence electrons. The van der Waals surface area contributed by atoms with Gasteiger partial charge in [-0.2, -0.15) is 0 Å². The van der Waals surface area contributed by atoms with Crippen molar-refractivity contribution in [3.05, 3.63) is 28.9 Å². The van der Waals surface area contributed by atoms with Crippen LogP contribution in [-0.2, 0) is 16.6 Å². The lowest BCUT2D eigenvalue weighted by Gasteiger charge is -2.13. The number of aliphatic carboxylic acids is 1. The number of amides is 1. The molecule has 1 aliphatic rings. The Hall–Kier alpha value is -1.60. The van der Waals surface area contributed by atoms with Crippen molar-refractivity contribution in [1.29, 1.82) is 0 Å². The van der Waals surface area contributed by atoms with Gasteiger partial charge in [-0.15, -0.1) is 0 Å². The van der Waals surface area contributed by atoms with Crippen molar-refractivity contribution in [2.45, 2.75) is 12.8 Å². The SMILES string of the molecule is Cn1ccc(C=C2SC(=S)N(CCCC(=O)O)C2=O)c1. The summed E-state index contributed by atoms with van der Waals surface area (Å²) in [6.07, 6.45) is 6.06. The van der Waals surface area contributed by atoms with Gasteiger partial charge in [-0.25, -0.2) is 0 Å². The molecule has 1 aliphatic heterocycles. The summed E-state index contributed by atoms with van der Waals surface area (Å²) in [5.41, 5.74) is 0.943. The molecular weight excluding hydrogens is 296 g/mol. The molecule has 0 bridgehead atoms. The van der Waals surface area contributed by atoms with E-state index >= 15 is 0 Å². The van der Waals surface area contributed by atoms with E-state index in [1.54, 1.807) is 6.08 Å². The van der Waals surface area contributed by atoms with Gasteiger partial charge < -0.3 is 9.67 Å². The van der Waals surface area contributed by atoms with Gasteiger partial charge in [-0.3, -0.25) is 14.5 Å². The Balaban J connectivity index is 2.04. The maximum Gasteiger partial charge on any atom is 0.303 e. The predicted molar refractivity (Wildman–Crippen MR) is 82.2 cm³/mol. The first-order chi connectivity index (χ1) is 9.47. The Bertz CT molecular complexity index is 592. The molecule has 0 unspecified atom stereocenters. The van der Waals surface area contributed by atoms with E-state index in [1.807, 2.05) is 30.1 Å². The minimum atomic E-state index is -0.865. The zero-order chi connectivity index (χ0) is 14.7. The quantitative estimate of drug-likeness (QED) is 0.666. The molecular formula is C13H14N2O3S2. The molecule has 0 aromatic carbocycles. The number of carboxylic acids is 1. The molecule has 1 fully saturated rings. The number of carbonyl (C=O) groups is 2. The lowest BCUT2D eigenvalue weighted by molar-refractivity contribution is -0.137. The highest BCUT2D eigenvalue weighted by atomic mass is 32.2. The van der Waals surface area contributed by atoms with Crippen molar-refractivity contribution in [2.24, 2.45) is 7.05 Å². The number of nitrogens with zero attached hydrogens (tertiary/aromatic N) is 2. The molecule has 1 N–H and O–H groups in total. The van der Waals surface area contributed by atoms with Crippen molar-refractivity contribution < 1.29 is 14.7 Å². The molecule has 1 amide bonds. The summed E-state index contributed by atoms with van der Waals surface area (Å²) in [6, 6.07) is 1.91. The van der Waals surface area contributed by atoms with E-state index in [0.717, 1.165) is 5.56 Å². The molecule has 7 heteroatoms. The van der Waals surface area contributed by atoms with Crippen LogP contribution in [0.1, 0.15) is 18.4 Å². The topological polar surface area (TPSA) is 62.5 Å². The Morgan fingerprint density at radius 1 is 1.55 bits per heavy atom. The lowest BCUT2D eigenvalue weighted by Crippen LogP contribution is -2.29. The van der Waals surface area contributed by atoms with E-state index in [4.69, 9.17) is 17.3 Å². The number of aryl methyl sites for hydroxylation is 1. The van der Waals surface area contributed by atoms with Crippen LogP contribution < -0.4 is 0 Å². The van der Waals surface area contributed by atoms with Gasteiger partial charge in [-0.1, -0.05) is 24.0 Å². The van der Waals surface area contributed by atoms with E-state index < -0.39 is 5.97 Å². The third-order valence-electron chi connectivity index (χ3n) is 2.80. The second kappa shape index (κ2) is 6.23. The second-order valence-electron chi connectivity index (χ2n) is 4.44. The molecule has 1 saturated heterocycles. The summed E-state index contributed by atoms with van der Waals surface area (Å²) in [6.45, 7) is 0.350. The number of hydrogen-bond acceptors (Lipinski definition) is 4. The monoisotopic (exact) mass is 310 g/mol. The molecule has 2 heterocycles. The van der Waals surface area contributed by atoms with E-state index in [2.05, 4.69) is 0 Å². The summed E-state index contributed by atoms with van der Waals surface area (Å²) in [7, 11) is 1.91. The van der Waals surface area contributed by atoms with E-state index in [-0.39, 0.29) is 12.3 Å². The van der Waals surface area contributed by atoms with Crippen LogP contribution in [0.2, 0.25) is 0 Å². The molecule has 1 aromatic rings. The zero-order valence-electron chi connectivity index (χ0n) is 10.9. The Labute approximate surface area is 126 Å². The third kappa shape index (κ3) is 3.49. The fourth-order valence-corrected chi connectivity index (χ4v) is 3.15. The average Bonchev–Trinajstić information content (AvgIpc) is 2.88. The first-order valence-corrected chi connectivity index (χ1v) is 7.29. The Kier molecular flexibility index (Phi) is 4.61. The van der Waals surface area contributed by atoms with E-state index in [1.165, 1.54) is 16.7 Å². The molecule has 0 radical (unpaired) electrons. The zero-order valence-corrected chi connectivity index (χ0v) is 12.5. The molecule has 20 heavy (non-hydrogen) atoms. The van der Waals surface area contributed by atoms with Gasteiger partial charge in [-0.05, 0) is 24.1 Å². The summed E-state index contributed by atoms with van der Waals surface area (Å²) in [5.74, 6) is -1.01. The van der Waals surface area contributed by atoms with Crippen LogP contribution in [0.3, 0.4) is 0 Å². The van der Waals surface area contributed by atoms with Gasteiger partial charge in [0, 0.05) is 32.4 Å². The van der Waals surface area contributed by atoms with Crippen molar-refractivity contribution >= 4 is 46.3 Å². The molecule has 2 rings (SSSR count). The summed E-state index contributed by atoms with van der Waals surface area (Å²) < 4.78 is 2.39. The van der Waals surface area contributed by atoms with Crippen LogP contribution in [0, 0.1) is 0 Å². The van der Waals surface area contributed by atoms with Crippen LogP contribution in [0.15, 0.2) is 23.4 Å². The van der Waals surface area contributed by atoms with Crippen molar-refractivity contribution in [1.82, 2.24) is 9.47 Å². The summed E-state index contributed by atoms with van der Waals surface area (Å²) in [4.78, 5) is 24.7. The Morgan fingerprint density at radius 3 is 2.90 bits per heavy atom. The van der Waals surface area contributed by atoms with Gasteiger partial charge in [0.15, 0.2) is 0 Å². The normalized spacial score (nSPS) is 17.2. The fraction of sp³-hybridized carbons (Fsp3) is 0.308. The van der Waals surface area contributed by atoms with E-state index in [0.29, 0.717) is 22.2 Å². The maximum absolute atomic E-state index is 12.2. The average molecular weight is 310 g/mol. The van der Waals surface area contributed by atoms with Crippen LogP contribution in [-0.4, -0.2) is 37.3 Å². The fourth-order valence-electron chi connectivity index (χ4n) is 1.84. The van der Waals surface area contributed by atoms with Gasteiger partial charge in [0.1, 0.15) is 4.32 Å². The Morgan fingerprint density at radius 2 is 2.30 bits per heavy atom. The van der Waals surface area contributed by atoms with Crippen molar-refractivity contribution in [3.63, 3.8) is 0 Å². The minimum Gasteiger partial charge on any atom is -0.481 e. The van der Waals surface area contributed by atoms with Crippen LogP contribution in [0.5, 0.6) is 0 Å². The first-order valence-electron chi connectivity index (χ1n) is 6.06. The minimum absolute atomic E-state index is 0.0365. The molecule has 0 atom stereocenters. The van der Waals surface area contributed by atoms with Crippen LogP contribution >= 0.6 is 24.0 Å². The van der Waals surface area contributed by atoms with Crippen LogP contribution in [0.4, 0.5) is 0 Å². The number of hydrogen-bond donors (Lipinski definition) is 1. The van der Waals surface area contributed by atoms with Crippen LogP contribution in [0.25, 0.3) is 6.08 Å². The van der Waals surface area contributed by atoms with Gasteiger partial charge >= 0.3 is 5.97 Å². The standard InChI is InChI=1S/C13H14N2O3S2/c1-14-6-4-9(8-14)7-10-12(18)15(13(19)20-10)5-2-3-11(16)17/h4,6-8H,2-3,5H2,1H3,(H,16,17). The van der Waals surface area contributed by atoms with Crippen molar-refractivity contribution in [3.8, 4) is 0 Å². The predicted octanol–water partition coefficient (Wildman–Crippen LogP) is 2.09. The number of thiocarbonyl (C=S) groups is 1. The lowest BCUT2D eigenvalue weighted by atomic mass is 10.2. The first kappa shape index (κ1) is 14.8. The summed E-state index contributed by atoms with van der Waals surface area (Å²) in [5, 5.41) is 8.61. The number of thioether (sulfide) groups is 1. The highest BCUT2D eigenvalue weighted by Gasteiger charge is 2.31. The molecule has 0 spiro atoms. The molecule has 0 saturated carbocycles. The summed E-state index contributed by atoms with van der Waals surface area (Å²) >= 11 is 6.43. The van der Waals surface area contributed by atoms with Gasteiger partial charge in [0.05, 0.1) is 4.91 Å². The third-order valence-corrected chi connectivity index (χ3v) is 4.18. The molecule has 0 aliphatic carbocycles. The second-order valence-corrected chi connectivity index (χ2v) is 6.12. The smallest absolute Gasteiger partial charge is 0.303 e. The highest BCUT2D eigenvalue weighted by Crippen LogP contribution is 2.32. The van der Waals surface area contributed by atoms with Gasteiger partial charge in [0.2, 0.25) is 0 Å².